The Morgan fingerprint density at radius 2 is 1.48 bits per heavy atom. The van der Waals surface area contributed by atoms with Crippen LogP contribution >= 0.6 is 0 Å². The summed E-state index contributed by atoms with van der Waals surface area (Å²) in [6.45, 7) is 0. The number of carbonyl (C=O) groups is 2. The second-order valence-electron chi connectivity index (χ2n) is 4.45. The predicted molar refractivity (Wildman–Crippen MR) is 73.9 cm³/mol. The molecule has 2 N–H and O–H groups in total. The SMILES string of the molecule is O=C(O)c1c(C(=O)O)c2cc3ccccc3cc2oc1=O. The standard InChI is InChI=1S/C15H8O6/c16-13(17)11-9-5-7-3-1-2-4-8(7)6-10(9)21-15(20)12(11)14(18)19/h1-6H,(H,16,17)(H,18,19). The van der Waals surface area contributed by atoms with Crippen molar-refractivity contribution in [3.8, 4) is 0 Å². The smallest absolute Gasteiger partial charge is 0.351 e. The van der Waals surface area contributed by atoms with Gasteiger partial charge in [0.25, 0.3) is 0 Å². The van der Waals surface area contributed by atoms with Gasteiger partial charge in [-0.05, 0) is 22.9 Å². The number of hydrogen-bond acceptors (Lipinski definition) is 4. The summed E-state index contributed by atoms with van der Waals surface area (Å²) in [7, 11) is 0. The Hall–Kier alpha value is -3.15. The number of aromatic carboxylic acids is 2. The maximum atomic E-state index is 11.7. The summed E-state index contributed by atoms with van der Waals surface area (Å²) in [5.74, 6) is -3.11. The predicted octanol–water partition coefficient (Wildman–Crippen LogP) is 2.34. The van der Waals surface area contributed by atoms with Crippen LogP contribution in [0.1, 0.15) is 20.7 Å². The van der Waals surface area contributed by atoms with E-state index in [1.807, 2.05) is 0 Å². The Kier molecular flexibility index (Phi) is 2.72. The molecule has 0 amide bonds. The van der Waals surface area contributed by atoms with Crippen LogP contribution in [-0.4, -0.2) is 22.2 Å². The van der Waals surface area contributed by atoms with Gasteiger partial charge in [-0.2, -0.15) is 0 Å². The third-order valence-corrected chi connectivity index (χ3v) is 3.20. The molecular formula is C15H8O6. The van der Waals surface area contributed by atoms with Crippen LogP contribution in [0.4, 0.5) is 0 Å². The number of hydrogen-bond donors (Lipinski definition) is 2. The van der Waals surface area contributed by atoms with Gasteiger partial charge in [0, 0.05) is 5.39 Å². The van der Waals surface area contributed by atoms with E-state index in [2.05, 4.69) is 0 Å². The minimum Gasteiger partial charge on any atom is -0.478 e. The van der Waals surface area contributed by atoms with Gasteiger partial charge in [0.15, 0.2) is 5.56 Å². The molecule has 3 rings (SSSR count). The van der Waals surface area contributed by atoms with Crippen molar-refractivity contribution in [3.05, 3.63) is 57.9 Å². The van der Waals surface area contributed by atoms with E-state index in [-0.39, 0.29) is 11.0 Å². The van der Waals surface area contributed by atoms with E-state index in [0.717, 1.165) is 10.8 Å². The molecule has 104 valence electrons. The highest BCUT2D eigenvalue weighted by Crippen LogP contribution is 2.26. The molecule has 0 radical (unpaired) electrons. The van der Waals surface area contributed by atoms with E-state index in [9.17, 15) is 19.5 Å². The summed E-state index contributed by atoms with van der Waals surface area (Å²) in [5, 5.41) is 19.9. The number of carboxylic acid groups (broad SMARTS) is 2. The van der Waals surface area contributed by atoms with E-state index < -0.39 is 28.7 Å². The number of benzene rings is 2. The fraction of sp³-hybridized carbons (Fsp3) is 0. The Bertz CT molecular complexity index is 967. The Balaban J connectivity index is 2.58. The summed E-state index contributed by atoms with van der Waals surface area (Å²) < 4.78 is 4.95. The van der Waals surface area contributed by atoms with Gasteiger partial charge in [0.2, 0.25) is 0 Å². The van der Waals surface area contributed by atoms with Gasteiger partial charge in [-0.15, -0.1) is 0 Å². The summed E-state index contributed by atoms with van der Waals surface area (Å²) in [6, 6.07) is 10.1. The number of rotatable bonds is 2. The number of fused-ring (bicyclic) bond motifs is 2. The van der Waals surface area contributed by atoms with Gasteiger partial charge in [-0.1, -0.05) is 24.3 Å². The Labute approximate surface area is 116 Å². The first-order valence-electron chi connectivity index (χ1n) is 5.95. The highest BCUT2D eigenvalue weighted by Gasteiger charge is 2.25. The lowest BCUT2D eigenvalue weighted by atomic mass is 10.0. The van der Waals surface area contributed by atoms with Crippen molar-refractivity contribution in [1.29, 1.82) is 0 Å². The lowest BCUT2D eigenvalue weighted by Gasteiger charge is -2.06. The van der Waals surface area contributed by atoms with Crippen LogP contribution in [0.3, 0.4) is 0 Å². The molecule has 21 heavy (non-hydrogen) atoms. The van der Waals surface area contributed by atoms with Crippen molar-refractivity contribution < 1.29 is 24.2 Å². The van der Waals surface area contributed by atoms with Gasteiger partial charge in [-0.25, -0.2) is 14.4 Å². The second kappa shape index (κ2) is 4.45. The lowest BCUT2D eigenvalue weighted by Crippen LogP contribution is -2.20. The first-order valence-corrected chi connectivity index (χ1v) is 5.95. The van der Waals surface area contributed by atoms with Crippen molar-refractivity contribution in [3.63, 3.8) is 0 Å². The van der Waals surface area contributed by atoms with E-state index in [1.165, 1.54) is 12.1 Å². The van der Waals surface area contributed by atoms with Crippen LogP contribution in [0.5, 0.6) is 0 Å². The van der Waals surface area contributed by atoms with E-state index >= 15 is 0 Å². The molecule has 6 nitrogen and oxygen atoms in total. The van der Waals surface area contributed by atoms with Gasteiger partial charge < -0.3 is 14.6 Å². The second-order valence-corrected chi connectivity index (χ2v) is 4.45. The molecule has 0 bridgehead atoms. The molecule has 0 aliphatic heterocycles. The summed E-state index contributed by atoms with van der Waals surface area (Å²) >= 11 is 0. The molecule has 0 atom stereocenters. The minimum atomic E-state index is -1.63. The van der Waals surface area contributed by atoms with Crippen molar-refractivity contribution in [1.82, 2.24) is 0 Å². The van der Waals surface area contributed by atoms with Gasteiger partial charge in [-0.3, -0.25) is 0 Å². The minimum absolute atomic E-state index is 0.0427. The molecule has 0 saturated heterocycles. The number of carboxylic acids is 2. The first kappa shape index (κ1) is 12.9. The van der Waals surface area contributed by atoms with Crippen molar-refractivity contribution in [2.45, 2.75) is 0 Å². The molecular weight excluding hydrogens is 276 g/mol. The largest absolute Gasteiger partial charge is 0.478 e. The molecule has 0 fully saturated rings. The van der Waals surface area contributed by atoms with E-state index in [0.29, 0.717) is 0 Å². The molecule has 0 spiro atoms. The summed E-state index contributed by atoms with van der Waals surface area (Å²) in [6.07, 6.45) is 0. The third-order valence-electron chi connectivity index (χ3n) is 3.20. The fourth-order valence-electron chi connectivity index (χ4n) is 2.30. The normalized spacial score (nSPS) is 10.9. The first-order chi connectivity index (χ1) is 9.99. The van der Waals surface area contributed by atoms with Gasteiger partial charge in [0.1, 0.15) is 5.58 Å². The maximum Gasteiger partial charge on any atom is 0.351 e. The average molecular weight is 284 g/mol. The topological polar surface area (TPSA) is 105 Å². The zero-order valence-corrected chi connectivity index (χ0v) is 10.5. The Morgan fingerprint density at radius 1 is 0.905 bits per heavy atom. The molecule has 0 saturated carbocycles. The lowest BCUT2D eigenvalue weighted by molar-refractivity contribution is 0.0648. The van der Waals surface area contributed by atoms with E-state index in [4.69, 9.17) is 9.52 Å². The monoisotopic (exact) mass is 284 g/mol. The molecule has 1 heterocycles. The van der Waals surface area contributed by atoms with Crippen LogP contribution in [0.25, 0.3) is 21.7 Å². The zero-order chi connectivity index (χ0) is 15.1. The zero-order valence-electron chi connectivity index (χ0n) is 10.5. The molecule has 0 unspecified atom stereocenters. The fourth-order valence-corrected chi connectivity index (χ4v) is 2.30. The van der Waals surface area contributed by atoms with Gasteiger partial charge >= 0.3 is 17.6 Å². The molecule has 2 aromatic carbocycles. The van der Waals surface area contributed by atoms with E-state index in [1.54, 1.807) is 24.3 Å². The van der Waals surface area contributed by atoms with Crippen LogP contribution in [0.15, 0.2) is 45.6 Å². The van der Waals surface area contributed by atoms with Gasteiger partial charge in [0.05, 0.1) is 5.56 Å². The maximum absolute atomic E-state index is 11.7. The highest BCUT2D eigenvalue weighted by molar-refractivity contribution is 6.12. The van der Waals surface area contributed by atoms with Crippen molar-refractivity contribution in [2.75, 3.05) is 0 Å². The Morgan fingerprint density at radius 3 is 2.05 bits per heavy atom. The molecule has 6 heteroatoms. The molecule has 3 aromatic rings. The summed E-state index contributed by atoms with van der Waals surface area (Å²) in [5.41, 5.74) is -2.56. The third kappa shape index (κ3) is 1.93. The van der Waals surface area contributed by atoms with Crippen molar-refractivity contribution >= 4 is 33.7 Å². The van der Waals surface area contributed by atoms with Crippen LogP contribution in [-0.2, 0) is 0 Å². The van der Waals surface area contributed by atoms with Crippen LogP contribution in [0.2, 0.25) is 0 Å². The molecule has 1 aromatic heterocycles. The molecule has 0 aliphatic carbocycles. The van der Waals surface area contributed by atoms with Crippen molar-refractivity contribution in [2.24, 2.45) is 0 Å². The summed E-state index contributed by atoms with van der Waals surface area (Å²) in [4.78, 5) is 34.2. The van der Waals surface area contributed by atoms with Crippen LogP contribution in [0, 0.1) is 0 Å². The molecule has 0 aliphatic rings. The quantitative estimate of drug-likeness (QED) is 0.552. The highest BCUT2D eigenvalue weighted by atomic mass is 16.4. The van der Waals surface area contributed by atoms with Crippen LogP contribution < -0.4 is 5.63 Å². The average Bonchev–Trinajstić information content (AvgIpc) is 2.43.